The van der Waals surface area contributed by atoms with Gasteiger partial charge in [-0.25, -0.2) is 8.42 Å². The summed E-state index contributed by atoms with van der Waals surface area (Å²) in [6.45, 7) is 3.96. The highest BCUT2D eigenvalue weighted by atomic mass is 32.2. The van der Waals surface area contributed by atoms with Crippen molar-refractivity contribution in [3.8, 4) is 6.07 Å². The summed E-state index contributed by atoms with van der Waals surface area (Å²) in [5.41, 5.74) is -0.604. The first-order valence-electron chi connectivity index (χ1n) is 4.57. The van der Waals surface area contributed by atoms with Crippen LogP contribution in [0.15, 0.2) is 0 Å². The molecule has 0 radical (unpaired) electrons. The molecule has 0 N–H and O–H groups in total. The minimum atomic E-state index is -2.94. The van der Waals surface area contributed by atoms with Gasteiger partial charge in [0.15, 0.2) is 9.84 Å². The number of nitriles is 1. The number of hydrogen-bond acceptors (Lipinski definition) is 3. The molecular formula is C9H15NO2S. The number of nitrogens with zero attached hydrogens (tertiary/aromatic N) is 1. The van der Waals surface area contributed by atoms with Crippen LogP contribution in [0, 0.1) is 22.7 Å². The Morgan fingerprint density at radius 1 is 1.62 bits per heavy atom. The quantitative estimate of drug-likeness (QED) is 0.677. The predicted octanol–water partition coefficient (Wildman–Crippen LogP) is 1.36. The Morgan fingerprint density at radius 2 is 2.23 bits per heavy atom. The molecule has 3 nitrogen and oxygen atoms in total. The van der Waals surface area contributed by atoms with Crippen LogP contribution in [0.1, 0.15) is 26.7 Å². The summed E-state index contributed by atoms with van der Waals surface area (Å²) in [4.78, 5) is 0. The zero-order valence-electron chi connectivity index (χ0n) is 8.08. The van der Waals surface area contributed by atoms with Crippen molar-refractivity contribution in [3.05, 3.63) is 0 Å². The third-order valence-electron chi connectivity index (χ3n) is 3.12. The molecule has 1 fully saturated rings. The molecular weight excluding hydrogens is 186 g/mol. The van der Waals surface area contributed by atoms with Crippen molar-refractivity contribution in [2.75, 3.05) is 11.5 Å². The molecule has 0 bridgehead atoms. The maximum absolute atomic E-state index is 11.3. The van der Waals surface area contributed by atoms with E-state index in [0.717, 1.165) is 6.42 Å². The van der Waals surface area contributed by atoms with Crippen molar-refractivity contribution < 1.29 is 8.42 Å². The minimum absolute atomic E-state index is 0.0610. The standard InChI is InChI=1S/C9H15NO2S/c1-3-8(2)9(6-10)4-5-13(11,12)7-9/h8H,3-5,7H2,1-2H3. The molecule has 74 valence electrons. The summed E-state index contributed by atoms with van der Waals surface area (Å²) in [7, 11) is -2.94. The molecule has 0 saturated carbocycles. The van der Waals surface area contributed by atoms with E-state index < -0.39 is 15.3 Å². The summed E-state index contributed by atoms with van der Waals surface area (Å²) in [5, 5.41) is 9.04. The lowest BCUT2D eigenvalue weighted by atomic mass is 9.76. The Bertz CT molecular complexity index is 328. The van der Waals surface area contributed by atoms with Gasteiger partial charge in [-0.2, -0.15) is 5.26 Å². The van der Waals surface area contributed by atoms with Gasteiger partial charge in [-0.15, -0.1) is 0 Å². The van der Waals surface area contributed by atoms with Crippen LogP contribution in [-0.2, 0) is 9.84 Å². The van der Waals surface area contributed by atoms with Crippen LogP contribution < -0.4 is 0 Å². The van der Waals surface area contributed by atoms with E-state index in [4.69, 9.17) is 5.26 Å². The predicted molar refractivity (Wildman–Crippen MR) is 50.8 cm³/mol. The molecule has 1 heterocycles. The second kappa shape index (κ2) is 3.30. The first kappa shape index (κ1) is 10.5. The third kappa shape index (κ3) is 1.86. The molecule has 0 spiro atoms. The van der Waals surface area contributed by atoms with Crippen molar-refractivity contribution in [2.24, 2.45) is 11.3 Å². The zero-order valence-corrected chi connectivity index (χ0v) is 8.89. The maximum Gasteiger partial charge on any atom is 0.151 e. The average Bonchev–Trinajstić information content (AvgIpc) is 2.41. The van der Waals surface area contributed by atoms with E-state index in [9.17, 15) is 8.42 Å². The van der Waals surface area contributed by atoms with Gasteiger partial charge in [0.05, 0.1) is 23.0 Å². The molecule has 2 atom stereocenters. The van der Waals surface area contributed by atoms with Crippen LogP contribution in [0.4, 0.5) is 0 Å². The van der Waals surface area contributed by atoms with Crippen LogP contribution in [-0.4, -0.2) is 19.9 Å². The van der Waals surface area contributed by atoms with Crippen molar-refractivity contribution in [1.29, 1.82) is 5.26 Å². The van der Waals surface area contributed by atoms with E-state index in [2.05, 4.69) is 6.07 Å². The highest BCUT2D eigenvalue weighted by molar-refractivity contribution is 7.91. The normalized spacial score (nSPS) is 33.9. The van der Waals surface area contributed by atoms with Gasteiger partial charge in [-0.1, -0.05) is 20.3 Å². The fourth-order valence-corrected chi connectivity index (χ4v) is 3.95. The van der Waals surface area contributed by atoms with Crippen LogP contribution in [0.3, 0.4) is 0 Å². The SMILES string of the molecule is CCC(C)C1(C#N)CCS(=O)(=O)C1. The molecule has 1 aliphatic rings. The van der Waals surface area contributed by atoms with E-state index in [1.807, 2.05) is 13.8 Å². The maximum atomic E-state index is 11.3. The lowest BCUT2D eigenvalue weighted by Crippen LogP contribution is -2.28. The van der Waals surface area contributed by atoms with Crippen molar-refractivity contribution in [2.45, 2.75) is 26.7 Å². The summed E-state index contributed by atoms with van der Waals surface area (Å²) in [6.07, 6.45) is 1.38. The second-order valence-corrected chi connectivity index (χ2v) is 6.10. The second-order valence-electron chi connectivity index (χ2n) is 3.92. The van der Waals surface area contributed by atoms with Crippen molar-refractivity contribution in [3.63, 3.8) is 0 Å². The molecule has 13 heavy (non-hydrogen) atoms. The highest BCUT2D eigenvalue weighted by Gasteiger charge is 2.45. The Labute approximate surface area is 79.7 Å². The fourth-order valence-electron chi connectivity index (χ4n) is 1.85. The van der Waals surface area contributed by atoms with Crippen molar-refractivity contribution >= 4 is 9.84 Å². The van der Waals surface area contributed by atoms with E-state index in [-0.39, 0.29) is 17.4 Å². The molecule has 4 heteroatoms. The van der Waals surface area contributed by atoms with Crippen LogP contribution in [0.25, 0.3) is 0 Å². The minimum Gasteiger partial charge on any atom is -0.229 e. The summed E-state index contributed by atoms with van der Waals surface area (Å²) in [6, 6.07) is 2.20. The average molecular weight is 201 g/mol. The van der Waals surface area contributed by atoms with Crippen LogP contribution in [0.2, 0.25) is 0 Å². The first-order chi connectivity index (χ1) is 5.96. The topological polar surface area (TPSA) is 57.9 Å². The van der Waals surface area contributed by atoms with Gasteiger partial charge in [0.1, 0.15) is 0 Å². The third-order valence-corrected chi connectivity index (χ3v) is 4.90. The lowest BCUT2D eigenvalue weighted by molar-refractivity contribution is 0.287. The number of rotatable bonds is 2. The van der Waals surface area contributed by atoms with Crippen LogP contribution >= 0.6 is 0 Å². The fraction of sp³-hybridized carbons (Fsp3) is 0.889. The molecule has 0 aromatic rings. The molecule has 2 unspecified atom stereocenters. The van der Waals surface area contributed by atoms with Crippen molar-refractivity contribution in [1.82, 2.24) is 0 Å². The summed E-state index contributed by atoms with van der Waals surface area (Å²) < 4.78 is 22.5. The van der Waals surface area contributed by atoms with Gasteiger partial charge in [0.25, 0.3) is 0 Å². The number of sulfone groups is 1. The lowest BCUT2D eigenvalue weighted by Gasteiger charge is -2.25. The Hall–Kier alpha value is -0.560. The smallest absolute Gasteiger partial charge is 0.151 e. The monoisotopic (exact) mass is 201 g/mol. The van der Waals surface area contributed by atoms with Gasteiger partial charge >= 0.3 is 0 Å². The van der Waals surface area contributed by atoms with E-state index in [0.29, 0.717) is 6.42 Å². The summed E-state index contributed by atoms with van der Waals surface area (Å²) in [5.74, 6) is 0.422. The zero-order chi connectivity index (χ0) is 10.1. The molecule has 1 rings (SSSR count). The molecule has 1 aliphatic heterocycles. The highest BCUT2D eigenvalue weighted by Crippen LogP contribution is 2.40. The molecule has 1 saturated heterocycles. The van der Waals surface area contributed by atoms with Gasteiger partial charge in [0, 0.05) is 0 Å². The molecule has 0 amide bonds. The van der Waals surface area contributed by atoms with Gasteiger partial charge in [-0.3, -0.25) is 0 Å². The van der Waals surface area contributed by atoms with Gasteiger partial charge in [0.2, 0.25) is 0 Å². The Balaban J connectivity index is 2.94. The molecule has 0 aromatic heterocycles. The largest absolute Gasteiger partial charge is 0.229 e. The van der Waals surface area contributed by atoms with E-state index in [1.165, 1.54) is 0 Å². The number of hydrogen-bond donors (Lipinski definition) is 0. The summed E-state index contributed by atoms with van der Waals surface area (Å²) >= 11 is 0. The van der Waals surface area contributed by atoms with Gasteiger partial charge < -0.3 is 0 Å². The molecule has 0 aliphatic carbocycles. The van der Waals surface area contributed by atoms with Gasteiger partial charge in [-0.05, 0) is 12.3 Å². The first-order valence-corrected chi connectivity index (χ1v) is 6.39. The van der Waals surface area contributed by atoms with E-state index >= 15 is 0 Å². The van der Waals surface area contributed by atoms with Crippen LogP contribution in [0.5, 0.6) is 0 Å². The van der Waals surface area contributed by atoms with E-state index in [1.54, 1.807) is 0 Å². The molecule has 0 aromatic carbocycles. The Kier molecular flexibility index (Phi) is 2.67. The Morgan fingerprint density at radius 3 is 2.54 bits per heavy atom.